The van der Waals surface area contributed by atoms with Gasteiger partial charge in [0.15, 0.2) is 0 Å². The molecule has 2 amide bonds. The molecule has 3 fully saturated rings. The molecule has 0 unspecified atom stereocenters. The van der Waals surface area contributed by atoms with Gasteiger partial charge in [-0.2, -0.15) is 0 Å². The van der Waals surface area contributed by atoms with Crippen LogP contribution in [0, 0.1) is 5.41 Å². The monoisotopic (exact) mass is 524 g/mol. The summed E-state index contributed by atoms with van der Waals surface area (Å²) in [4.78, 5) is 30.1. The van der Waals surface area contributed by atoms with E-state index in [0.717, 1.165) is 44.3 Å². The van der Waals surface area contributed by atoms with Crippen molar-refractivity contribution in [2.45, 2.75) is 44.1 Å². The molecule has 2 saturated carbocycles. The van der Waals surface area contributed by atoms with Crippen molar-refractivity contribution in [2.75, 3.05) is 47.4 Å². The van der Waals surface area contributed by atoms with Crippen LogP contribution in [0.1, 0.15) is 64.8 Å². The first kappa shape index (κ1) is 24.2. The minimum atomic E-state index is -3.69. The van der Waals surface area contributed by atoms with E-state index in [-0.39, 0.29) is 17.4 Å². The van der Waals surface area contributed by atoms with Crippen molar-refractivity contribution in [3.63, 3.8) is 0 Å². The summed E-state index contributed by atoms with van der Waals surface area (Å²) in [5.74, 6) is -0.659. The Hall–Kier alpha value is -3.11. The van der Waals surface area contributed by atoms with Crippen LogP contribution >= 0.6 is 0 Å². The molecule has 2 aromatic carbocycles. The summed E-state index contributed by atoms with van der Waals surface area (Å²) in [6.45, 7) is 1.15. The summed E-state index contributed by atoms with van der Waals surface area (Å²) in [7, 11) is -1.86. The molecule has 2 aromatic rings. The quantitative estimate of drug-likeness (QED) is 0.512. The third kappa shape index (κ3) is 4.25. The minimum Gasteiger partial charge on any atom is -0.395 e. The fourth-order valence-corrected chi connectivity index (χ4v) is 6.80. The third-order valence-corrected chi connectivity index (χ3v) is 9.94. The first-order valence-electron chi connectivity index (χ1n) is 12.9. The molecule has 1 saturated heterocycles. The maximum atomic E-state index is 13.5. The second-order valence-corrected chi connectivity index (χ2v) is 12.8. The van der Waals surface area contributed by atoms with E-state index in [2.05, 4.69) is 14.9 Å². The summed E-state index contributed by atoms with van der Waals surface area (Å²) < 4.78 is 27.0. The maximum Gasteiger partial charge on any atom is 0.257 e. The zero-order valence-corrected chi connectivity index (χ0v) is 21.7. The van der Waals surface area contributed by atoms with Crippen LogP contribution in [0.4, 0.5) is 17.1 Å². The van der Waals surface area contributed by atoms with E-state index < -0.39 is 22.4 Å². The van der Waals surface area contributed by atoms with Crippen molar-refractivity contribution in [3.8, 4) is 0 Å². The fraction of sp³-hybridized carbons (Fsp3) is 0.481. The molecule has 3 N–H and O–H groups in total. The zero-order chi connectivity index (χ0) is 26.0. The molecule has 9 nitrogen and oxygen atoms in total. The van der Waals surface area contributed by atoms with Gasteiger partial charge in [0.25, 0.3) is 11.8 Å². The van der Waals surface area contributed by atoms with Gasteiger partial charge >= 0.3 is 0 Å². The van der Waals surface area contributed by atoms with Gasteiger partial charge in [0.1, 0.15) is 0 Å². The van der Waals surface area contributed by atoms with Crippen molar-refractivity contribution < 1.29 is 23.1 Å². The summed E-state index contributed by atoms with van der Waals surface area (Å²) >= 11 is 0. The number of benzene rings is 2. The van der Waals surface area contributed by atoms with Crippen molar-refractivity contribution in [1.29, 1.82) is 0 Å². The minimum absolute atomic E-state index is 0.0189. The van der Waals surface area contributed by atoms with Crippen molar-refractivity contribution >= 4 is 38.9 Å². The number of nitrogens with one attached hydrogen (secondary N) is 2. The Kier molecular flexibility index (Phi) is 5.54. The summed E-state index contributed by atoms with van der Waals surface area (Å²) in [6, 6.07) is 10.4. The molecule has 0 atom stereocenters. The predicted molar refractivity (Wildman–Crippen MR) is 141 cm³/mol. The van der Waals surface area contributed by atoms with Gasteiger partial charge in [-0.3, -0.25) is 14.3 Å². The number of aliphatic hydroxyl groups is 1. The van der Waals surface area contributed by atoms with Gasteiger partial charge in [-0.05, 0) is 85.9 Å². The summed E-state index contributed by atoms with van der Waals surface area (Å²) in [6.07, 6.45) is 6.48. The number of carbonyl (C=O) groups is 2. The number of carbonyl (C=O) groups excluding carboxylic acids is 2. The second kappa shape index (κ2) is 8.46. The van der Waals surface area contributed by atoms with Crippen LogP contribution in [-0.2, 0) is 15.6 Å². The van der Waals surface area contributed by atoms with E-state index in [0.29, 0.717) is 33.6 Å². The van der Waals surface area contributed by atoms with E-state index in [1.807, 2.05) is 13.1 Å². The van der Waals surface area contributed by atoms with Crippen LogP contribution in [0.15, 0.2) is 36.4 Å². The maximum absolute atomic E-state index is 13.5. The van der Waals surface area contributed by atoms with Crippen LogP contribution in [0.25, 0.3) is 0 Å². The first-order valence-corrected chi connectivity index (χ1v) is 14.6. The SMILES string of the molecule is CN1C(=O)c2ccc(NC(=O)c3ccc(NS(=O)(=O)CCO)cc3N3CCC4(CC3)CC4)cc2C12CC2. The number of sulfonamides is 1. The van der Waals surface area contributed by atoms with Gasteiger partial charge in [0, 0.05) is 31.4 Å². The topological polar surface area (TPSA) is 119 Å². The highest BCUT2D eigenvalue weighted by Crippen LogP contribution is 2.56. The number of hydrogen-bond acceptors (Lipinski definition) is 6. The number of amides is 2. The van der Waals surface area contributed by atoms with Crippen molar-refractivity contribution in [1.82, 2.24) is 4.90 Å². The van der Waals surface area contributed by atoms with Crippen LogP contribution in [0.5, 0.6) is 0 Å². The molecule has 6 rings (SSSR count). The molecule has 4 aliphatic rings. The lowest BCUT2D eigenvalue weighted by atomic mass is 9.93. The number of nitrogens with zero attached hydrogens (tertiary/aromatic N) is 2. The molecule has 0 radical (unpaired) electrons. The normalized spacial score (nSPS) is 20.8. The first-order chi connectivity index (χ1) is 17.7. The molecule has 0 aromatic heterocycles. The molecule has 2 spiro atoms. The highest BCUT2D eigenvalue weighted by Gasteiger charge is 2.56. The highest BCUT2D eigenvalue weighted by molar-refractivity contribution is 7.92. The second-order valence-electron chi connectivity index (χ2n) is 11.0. The third-order valence-electron chi connectivity index (χ3n) is 8.68. The average Bonchev–Trinajstić information content (AvgIpc) is 3.79. The number of hydrogen-bond donors (Lipinski definition) is 3. The molecule has 10 heteroatoms. The molecule has 196 valence electrons. The van der Waals surface area contributed by atoms with Gasteiger partial charge in [-0.1, -0.05) is 0 Å². The van der Waals surface area contributed by atoms with E-state index in [1.54, 1.807) is 35.2 Å². The Labute approximate surface area is 216 Å². The molecule has 2 aliphatic carbocycles. The zero-order valence-electron chi connectivity index (χ0n) is 20.9. The van der Waals surface area contributed by atoms with E-state index >= 15 is 0 Å². The standard InChI is InChI=1S/C27H32N4O5S/c1-30-25(34)20-4-2-18(16-22(20)27(30)8-9-27)28-24(33)21-5-3-19(29-37(35,36)15-14-32)17-23(21)31-12-10-26(6-7-26)11-13-31/h2-5,16-17,29,32H,6-15H2,1H3,(H,28,33). The molecule has 2 aliphatic heterocycles. The smallest absolute Gasteiger partial charge is 0.257 e. The lowest BCUT2D eigenvalue weighted by Gasteiger charge is -2.35. The molecular formula is C27H32N4O5S. The van der Waals surface area contributed by atoms with Gasteiger partial charge < -0.3 is 20.2 Å². The van der Waals surface area contributed by atoms with E-state index in [4.69, 9.17) is 5.11 Å². The number of anilines is 3. The van der Waals surface area contributed by atoms with Gasteiger partial charge in [-0.25, -0.2) is 8.42 Å². The molecule has 37 heavy (non-hydrogen) atoms. The number of rotatable bonds is 7. The lowest BCUT2D eigenvalue weighted by Crippen LogP contribution is -2.35. The van der Waals surface area contributed by atoms with E-state index in [9.17, 15) is 18.0 Å². The van der Waals surface area contributed by atoms with Crippen LogP contribution in [0.2, 0.25) is 0 Å². The highest BCUT2D eigenvalue weighted by atomic mass is 32.2. The van der Waals surface area contributed by atoms with Crippen LogP contribution in [-0.4, -0.2) is 62.7 Å². The molecule has 0 bridgehead atoms. The Morgan fingerprint density at radius 3 is 2.35 bits per heavy atom. The van der Waals surface area contributed by atoms with Crippen LogP contribution < -0.4 is 14.9 Å². The molecular weight excluding hydrogens is 492 g/mol. The van der Waals surface area contributed by atoms with Gasteiger partial charge in [0.05, 0.1) is 34.8 Å². The van der Waals surface area contributed by atoms with Gasteiger partial charge in [-0.15, -0.1) is 0 Å². The number of piperidine rings is 1. The van der Waals surface area contributed by atoms with Crippen molar-refractivity contribution in [3.05, 3.63) is 53.1 Å². The Balaban J connectivity index is 1.28. The number of fused-ring (bicyclic) bond motifs is 2. The fourth-order valence-electron chi connectivity index (χ4n) is 5.97. The summed E-state index contributed by atoms with van der Waals surface area (Å²) in [5, 5.41) is 12.1. The Morgan fingerprint density at radius 2 is 1.70 bits per heavy atom. The van der Waals surface area contributed by atoms with E-state index in [1.165, 1.54) is 12.8 Å². The lowest BCUT2D eigenvalue weighted by molar-refractivity contribution is 0.0755. The van der Waals surface area contributed by atoms with Crippen molar-refractivity contribution in [2.24, 2.45) is 5.41 Å². The number of aliphatic hydroxyl groups excluding tert-OH is 1. The average molecular weight is 525 g/mol. The Bertz CT molecular complexity index is 1390. The molecule has 2 heterocycles. The van der Waals surface area contributed by atoms with Crippen LogP contribution in [0.3, 0.4) is 0 Å². The Morgan fingerprint density at radius 1 is 1.00 bits per heavy atom. The van der Waals surface area contributed by atoms with Gasteiger partial charge in [0.2, 0.25) is 10.0 Å². The predicted octanol–water partition coefficient (Wildman–Crippen LogP) is 3.13. The largest absolute Gasteiger partial charge is 0.395 e. The summed E-state index contributed by atoms with van der Waals surface area (Å²) in [5.41, 5.74) is 4.02.